The average molecular weight is 394 g/mol. The molecule has 0 saturated carbocycles. The van der Waals surface area contributed by atoms with E-state index in [9.17, 15) is 9.59 Å². The van der Waals surface area contributed by atoms with Gasteiger partial charge in [0.15, 0.2) is 0 Å². The molecule has 2 amide bonds. The maximum Gasteiger partial charge on any atom is 0.256 e. The number of nitrogens with one attached hydrogen (secondary N) is 1. The minimum Gasteiger partial charge on any atom is -0.365 e. The molecule has 7 heteroatoms. The molecule has 0 spiro atoms. The van der Waals surface area contributed by atoms with E-state index in [0.717, 1.165) is 47.6 Å². The summed E-state index contributed by atoms with van der Waals surface area (Å²) in [6.07, 6.45) is 0.789. The van der Waals surface area contributed by atoms with Crippen molar-refractivity contribution in [3.63, 3.8) is 0 Å². The highest BCUT2D eigenvalue weighted by Crippen LogP contribution is 2.37. The minimum atomic E-state index is -0.474. The Hall–Kier alpha value is -1.89. The van der Waals surface area contributed by atoms with Crippen LogP contribution in [0.2, 0.25) is 0 Å². The normalized spacial score (nSPS) is 13.7. The number of thiophene rings is 1. The van der Waals surface area contributed by atoms with Crippen LogP contribution in [0.4, 0.5) is 5.00 Å². The van der Waals surface area contributed by atoms with Crippen molar-refractivity contribution in [2.45, 2.75) is 33.7 Å². The number of hydrogen-bond acceptors (Lipinski definition) is 4. The summed E-state index contributed by atoms with van der Waals surface area (Å²) < 4.78 is 0. The Labute approximate surface area is 164 Å². The van der Waals surface area contributed by atoms with E-state index < -0.39 is 5.91 Å². The van der Waals surface area contributed by atoms with Gasteiger partial charge in [-0.05, 0) is 55.6 Å². The maximum absolute atomic E-state index is 12.6. The Bertz CT molecular complexity index is 848. The lowest BCUT2D eigenvalue weighted by Gasteiger charge is -2.25. The number of rotatable bonds is 4. The molecule has 1 aliphatic rings. The van der Waals surface area contributed by atoms with Gasteiger partial charge < -0.3 is 11.1 Å². The quantitative estimate of drug-likeness (QED) is 0.834. The summed E-state index contributed by atoms with van der Waals surface area (Å²) in [5, 5.41) is 3.47. The minimum absolute atomic E-state index is 0. The number of hydrogen-bond donors (Lipinski definition) is 2. The van der Waals surface area contributed by atoms with Gasteiger partial charge in [0, 0.05) is 23.5 Å². The molecule has 26 heavy (non-hydrogen) atoms. The number of halogens is 1. The molecule has 0 saturated heterocycles. The van der Waals surface area contributed by atoms with E-state index in [-0.39, 0.29) is 18.3 Å². The van der Waals surface area contributed by atoms with E-state index in [1.54, 1.807) is 6.07 Å². The van der Waals surface area contributed by atoms with Crippen molar-refractivity contribution in [2.75, 3.05) is 18.4 Å². The molecule has 0 unspecified atom stereocenters. The lowest BCUT2D eigenvalue weighted by Crippen LogP contribution is -2.30. The second-order valence-electron chi connectivity index (χ2n) is 6.44. The number of aryl methyl sites for hydroxylation is 2. The van der Waals surface area contributed by atoms with Crippen LogP contribution in [0.5, 0.6) is 0 Å². The van der Waals surface area contributed by atoms with Crippen LogP contribution in [-0.4, -0.2) is 29.8 Å². The molecule has 3 rings (SSSR count). The highest BCUT2D eigenvalue weighted by atomic mass is 35.5. The first-order valence-electron chi connectivity index (χ1n) is 8.46. The Morgan fingerprint density at radius 2 is 2.00 bits per heavy atom. The van der Waals surface area contributed by atoms with Crippen LogP contribution >= 0.6 is 23.7 Å². The van der Waals surface area contributed by atoms with Gasteiger partial charge in [-0.15, -0.1) is 23.7 Å². The number of anilines is 1. The zero-order chi connectivity index (χ0) is 18.1. The van der Waals surface area contributed by atoms with Crippen molar-refractivity contribution in [3.05, 3.63) is 50.9 Å². The molecule has 0 aliphatic carbocycles. The van der Waals surface area contributed by atoms with Gasteiger partial charge in [0.25, 0.3) is 11.8 Å². The van der Waals surface area contributed by atoms with Crippen LogP contribution in [0.1, 0.15) is 49.2 Å². The summed E-state index contributed by atoms with van der Waals surface area (Å²) in [4.78, 5) is 28.0. The topological polar surface area (TPSA) is 75.4 Å². The molecular formula is C19H24ClN3O2S. The van der Waals surface area contributed by atoms with Crippen LogP contribution in [-0.2, 0) is 13.0 Å². The fourth-order valence-corrected chi connectivity index (χ4v) is 4.42. The standard InChI is InChI=1S/C19H23N3O2S.ClH/c1-4-22-8-7-14-15(10-22)25-19(16(14)17(20)23)21-18(24)13-6-5-11(2)12(3)9-13;/h5-6,9H,4,7-8,10H2,1-3H3,(H2,20,23)(H,21,24);1H. The third-order valence-corrected chi connectivity index (χ3v) is 5.96. The number of likely N-dealkylation sites (N-methyl/N-ethyl adjacent to an activating group) is 1. The molecule has 1 aliphatic heterocycles. The third-order valence-electron chi connectivity index (χ3n) is 4.83. The number of nitrogens with zero attached hydrogens (tertiary/aromatic N) is 1. The molecule has 2 aromatic rings. The average Bonchev–Trinajstić information content (AvgIpc) is 2.94. The smallest absolute Gasteiger partial charge is 0.256 e. The largest absolute Gasteiger partial charge is 0.365 e. The van der Waals surface area contributed by atoms with Gasteiger partial charge in [-0.1, -0.05) is 13.0 Å². The first kappa shape index (κ1) is 20.4. The predicted molar refractivity (Wildman–Crippen MR) is 109 cm³/mol. The Morgan fingerprint density at radius 1 is 1.27 bits per heavy atom. The Kier molecular flexibility index (Phi) is 6.44. The van der Waals surface area contributed by atoms with Crippen molar-refractivity contribution < 1.29 is 9.59 Å². The van der Waals surface area contributed by atoms with E-state index in [0.29, 0.717) is 16.1 Å². The van der Waals surface area contributed by atoms with Gasteiger partial charge in [0.1, 0.15) is 5.00 Å². The summed E-state index contributed by atoms with van der Waals surface area (Å²) >= 11 is 1.47. The van der Waals surface area contributed by atoms with E-state index >= 15 is 0 Å². The second kappa shape index (κ2) is 8.20. The molecule has 1 aromatic carbocycles. The van der Waals surface area contributed by atoms with Crippen LogP contribution in [0, 0.1) is 13.8 Å². The summed E-state index contributed by atoms with van der Waals surface area (Å²) in [5.41, 5.74) is 9.87. The Balaban J connectivity index is 0.00000243. The van der Waals surface area contributed by atoms with Crippen molar-refractivity contribution in [2.24, 2.45) is 5.73 Å². The monoisotopic (exact) mass is 393 g/mol. The van der Waals surface area contributed by atoms with Gasteiger partial charge in [-0.3, -0.25) is 14.5 Å². The van der Waals surface area contributed by atoms with Crippen molar-refractivity contribution in [3.8, 4) is 0 Å². The first-order valence-corrected chi connectivity index (χ1v) is 9.27. The molecular weight excluding hydrogens is 370 g/mol. The SMILES string of the molecule is CCN1CCc2c(sc(NC(=O)c3ccc(C)c(C)c3)c2C(N)=O)C1.Cl. The molecule has 0 bridgehead atoms. The van der Waals surface area contributed by atoms with Crippen molar-refractivity contribution in [1.29, 1.82) is 0 Å². The molecule has 5 nitrogen and oxygen atoms in total. The number of carbonyl (C=O) groups excluding carboxylic acids is 2. The van der Waals surface area contributed by atoms with E-state index in [1.807, 2.05) is 26.0 Å². The highest BCUT2D eigenvalue weighted by Gasteiger charge is 2.27. The summed E-state index contributed by atoms with van der Waals surface area (Å²) in [5.74, 6) is -0.686. The van der Waals surface area contributed by atoms with E-state index in [2.05, 4.69) is 17.1 Å². The van der Waals surface area contributed by atoms with Gasteiger partial charge >= 0.3 is 0 Å². The van der Waals surface area contributed by atoms with Gasteiger partial charge in [0.2, 0.25) is 0 Å². The lowest BCUT2D eigenvalue weighted by atomic mass is 10.0. The van der Waals surface area contributed by atoms with Crippen LogP contribution in [0.15, 0.2) is 18.2 Å². The lowest BCUT2D eigenvalue weighted by molar-refractivity contribution is 0.1000. The molecule has 140 valence electrons. The molecule has 2 heterocycles. The second-order valence-corrected chi connectivity index (χ2v) is 7.55. The summed E-state index contributed by atoms with van der Waals surface area (Å²) in [6.45, 7) is 8.78. The number of amides is 2. The van der Waals surface area contributed by atoms with Crippen molar-refractivity contribution in [1.82, 2.24) is 4.90 Å². The van der Waals surface area contributed by atoms with Crippen LogP contribution < -0.4 is 11.1 Å². The van der Waals surface area contributed by atoms with Gasteiger partial charge in [-0.25, -0.2) is 0 Å². The fraction of sp³-hybridized carbons (Fsp3) is 0.368. The van der Waals surface area contributed by atoms with Crippen LogP contribution in [0.3, 0.4) is 0 Å². The van der Waals surface area contributed by atoms with Gasteiger partial charge in [-0.2, -0.15) is 0 Å². The Morgan fingerprint density at radius 3 is 2.62 bits per heavy atom. The maximum atomic E-state index is 12.6. The number of primary amides is 1. The summed E-state index contributed by atoms with van der Waals surface area (Å²) in [7, 11) is 0. The zero-order valence-corrected chi connectivity index (χ0v) is 16.9. The molecule has 3 N–H and O–H groups in total. The number of fused-ring (bicyclic) bond motifs is 1. The fourth-order valence-electron chi connectivity index (χ4n) is 3.13. The van der Waals surface area contributed by atoms with Gasteiger partial charge in [0.05, 0.1) is 5.56 Å². The number of nitrogens with two attached hydrogens (primary N) is 1. The molecule has 0 atom stereocenters. The van der Waals surface area contributed by atoms with Crippen molar-refractivity contribution >= 4 is 40.6 Å². The molecule has 0 radical (unpaired) electrons. The highest BCUT2D eigenvalue weighted by molar-refractivity contribution is 7.17. The first-order chi connectivity index (χ1) is 11.9. The van der Waals surface area contributed by atoms with E-state index in [1.165, 1.54) is 11.3 Å². The number of carbonyl (C=O) groups is 2. The molecule has 0 fully saturated rings. The van der Waals surface area contributed by atoms with E-state index in [4.69, 9.17) is 5.73 Å². The molecule has 1 aromatic heterocycles. The predicted octanol–water partition coefficient (Wildman–Crippen LogP) is 3.52. The third kappa shape index (κ3) is 3.92. The zero-order valence-electron chi connectivity index (χ0n) is 15.2. The summed E-state index contributed by atoms with van der Waals surface area (Å²) in [6, 6.07) is 5.59. The number of benzene rings is 1. The van der Waals surface area contributed by atoms with Crippen LogP contribution in [0.25, 0.3) is 0 Å².